The number of Topliss-reactive ketones (excluding diaryl/α,β-unsaturated/α-hetero) is 1. The van der Waals surface area contributed by atoms with Crippen LogP contribution in [-0.2, 0) is 20.9 Å². The van der Waals surface area contributed by atoms with E-state index in [1.807, 2.05) is 51.2 Å². The number of ether oxygens (including phenoxy) is 1. The first-order valence-electron chi connectivity index (χ1n) is 14.4. The Morgan fingerprint density at radius 3 is 1.55 bits per heavy atom. The Kier molecular flexibility index (Phi) is 12.9. The topological polar surface area (TPSA) is 72.5 Å². The Morgan fingerprint density at radius 1 is 0.650 bits per heavy atom. The van der Waals surface area contributed by atoms with Gasteiger partial charge < -0.3 is 25.6 Å². The van der Waals surface area contributed by atoms with Crippen molar-refractivity contribution >= 4 is 56.4 Å². The third-order valence-electron chi connectivity index (χ3n) is 5.47. The van der Waals surface area contributed by atoms with Gasteiger partial charge in [0.25, 0.3) is 0 Å². The lowest BCUT2D eigenvalue weighted by molar-refractivity contribution is 0.0465. The maximum Gasteiger partial charge on any atom is 0.323 e. The fourth-order valence-corrected chi connectivity index (χ4v) is 31.1. The molecule has 0 saturated carbocycles. The van der Waals surface area contributed by atoms with Crippen LogP contribution in [0.4, 0.5) is 0 Å². The van der Waals surface area contributed by atoms with Gasteiger partial charge in [-0.25, -0.2) is 0 Å². The normalized spacial score (nSPS) is 14.4. The van der Waals surface area contributed by atoms with Crippen molar-refractivity contribution in [3.63, 3.8) is 0 Å². The molecule has 0 spiro atoms. The van der Waals surface area contributed by atoms with Crippen LogP contribution in [0.3, 0.4) is 0 Å². The third kappa shape index (κ3) is 15.3. The SMILES string of the molecule is CC(C)(O[Si](C)(C)O[Si](C)(C)O[Si](C)(C)C)C(=O)c1ccc(OCCC[Si](C)(C)O[Si](C)(C)O[Si](C)(C)C)cc1. The summed E-state index contributed by atoms with van der Waals surface area (Å²) in [6.07, 6.45) is 0.916. The molecule has 0 bridgehead atoms. The molecule has 0 aliphatic heterocycles. The molecule has 1 aromatic carbocycles. The van der Waals surface area contributed by atoms with Gasteiger partial charge in [-0.2, -0.15) is 0 Å². The van der Waals surface area contributed by atoms with E-state index in [0.29, 0.717) is 12.2 Å². The van der Waals surface area contributed by atoms with Crippen molar-refractivity contribution in [3.05, 3.63) is 29.8 Å². The van der Waals surface area contributed by atoms with E-state index < -0.39 is 56.2 Å². The van der Waals surface area contributed by atoms with Crippen molar-refractivity contribution in [2.75, 3.05) is 6.61 Å². The van der Waals surface area contributed by atoms with Gasteiger partial charge in [0.1, 0.15) is 11.4 Å². The lowest BCUT2D eigenvalue weighted by Gasteiger charge is -2.40. The molecular weight excluding hydrogens is 605 g/mol. The monoisotopic (exact) mass is 662 g/mol. The van der Waals surface area contributed by atoms with Crippen molar-refractivity contribution in [3.8, 4) is 5.75 Å². The number of benzene rings is 1. The summed E-state index contributed by atoms with van der Waals surface area (Å²) < 4.78 is 38.1. The van der Waals surface area contributed by atoms with Crippen LogP contribution in [0.1, 0.15) is 30.6 Å². The van der Waals surface area contributed by atoms with Gasteiger partial charge in [0.05, 0.1) is 6.61 Å². The van der Waals surface area contributed by atoms with Gasteiger partial charge in [0, 0.05) is 5.56 Å². The van der Waals surface area contributed by atoms with Gasteiger partial charge in [0.15, 0.2) is 30.7 Å². The number of hydrogen-bond acceptors (Lipinski definition) is 7. The molecule has 13 heteroatoms. The molecule has 0 atom stereocenters. The molecular formula is C27H58O7Si6. The van der Waals surface area contributed by atoms with Crippen molar-refractivity contribution in [2.45, 2.75) is 124 Å². The quantitative estimate of drug-likeness (QED) is 0.0941. The highest BCUT2D eigenvalue weighted by Crippen LogP contribution is 2.28. The summed E-state index contributed by atoms with van der Waals surface area (Å²) in [5, 5.41) is 0. The number of ketones is 1. The number of hydrogen-bond donors (Lipinski definition) is 0. The predicted molar refractivity (Wildman–Crippen MR) is 182 cm³/mol. The van der Waals surface area contributed by atoms with Crippen molar-refractivity contribution in [2.24, 2.45) is 0 Å². The minimum absolute atomic E-state index is 0.0778. The maximum absolute atomic E-state index is 13.4. The zero-order valence-corrected chi connectivity index (χ0v) is 34.3. The van der Waals surface area contributed by atoms with E-state index in [4.69, 9.17) is 25.6 Å². The highest BCUT2D eigenvalue weighted by Gasteiger charge is 2.44. The zero-order chi connectivity index (χ0) is 31.4. The average Bonchev–Trinajstić information content (AvgIpc) is 2.64. The Balaban J connectivity index is 2.69. The number of carbonyl (C=O) groups excluding carboxylic acids is 1. The second-order valence-corrected chi connectivity index (χ2v) is 39.3. The average molecular weight is 663 g/mol. The van der Waals surface area contributed by atoms with Crippen LogP contribution in [0, 0.1) is 0 Å². The molecule has 0 heterocycles. The minimum Gasteiger partial charge on any atom is -0.494 e. The van der Waals surface area contributed by atoms with Crippen molar-refractivity contribution in [1.29, 1.82) is 0 Å². The van der Waals surface area contributed by atoms with Crippen LogP contribution in [-0.4, -0.2) is 68.6 Å². The maximum atomic E-state index is 13.4. The largest absolute Gasteiger partial charge is 0.494 e. The molecule has 0 aliphatic carbocycles. The Morgan fingerprint density at radius 2 is 1.10 bits per heavy atom. The Bertz CT molecular complexity index is 965. The summed E-state index contributed by atoms with van der Waals surface area (Å²) in [7, 11) is -12.4. The summed E-state index contributed by atoms with van der Waals surface area (Å²) in [6, 6.07) is 8.35. The molecule has 232 valence electrons. The summed E-state index contributed by atoms with van der Waals surface area (Å²) in [5.41, 5.74) is -0.428. The second kappa shape index (κ2) is 13.6. The number of carbonyl (C=O) groups is 1. The molecule has 7 nitrogen and oxygen atoms in total. The van der Waals surface area contributed by atoms with E-state index in [2.05, 4.69) is 78.6 Å². The molecule has 0 radical (unpaired) electrons. The van der Waals surface area contributed by atoms with Gasteiger partial charge in [0.2, 0.25) is 0 Å². The van der Waals surface area contributed by atoms with E-state index in [1.54, 1.807) is 0 Å². The molecule has 0 aliphatic rings. The predicted octanol–water partition coefficient (Wildman–Crippen LogP) is 8.48. The van der Waals surface area contributed by atoms with E-state index in [9.17, 15) is 4.79 Å². The molecule has 1 rings (SSSR count). The standard InChI is InChI=1S/C27H58O7Si6/c1-27(2,30-38(11,12)34-40(15,16)32-36(6,7)8)26(28)24-18-20-25(21-19-24)29-22-17-23-37(9,10)33-39(13,14)31-35(3,4)5/h18-21H,17,22-23H2,1-16H3. The van der Waals surface area contributed by atoms with Crippen LogP contribution in [0.2, 0.25) is 97.7 Å². The summed E-state index contributed by atoms with van der Waals surface area (Å²) in [5.74, 6) is 0.674. The van der Waals surface area contributed by atoms with Gasteiger partial charge in [-0.05, 0) is 142 Å². The van der Waals surface area contributed by atoms with E-state index in [-0.39, 0.29) is 5.78 Å². The van der Waals surface area contributed by atoms with Crippen LogP contribution in [0.5, 0.6) is 5.75 Å². The Hall–Kier alpha value is -0.209. The molecule has 0 unspecified atom stereocenters. The van der Waals surface area contributed by atoms with Crippen LogP contribution in [0.15, 0.2) is 24.3 Å². The molecule has 0 amide bonds. The van der Waals surface area contributed by atoms with Crippen LogP contribution < -0.4 is 4.74 Å². The highest BCUT2D eigenvalue weighted by molar-refractivity contribution is 6.87. The van der Waals surface area contributed by atoms with E-state index in [1.165, 1.54) is 0 Å². The van der Waals surface area contributed by atoms with Crippen LogP contribution >= 0.6 is 0 Å². The summed E-state index contributed by atoms with van der Waals surface area (Å²) in [6.45, 7) is 34.3. The lowest BCUT2D eigenvalue weighted by Crippen LogP contribution is -2.56. The van der Waals surface area contributed by atoms with Gasteiger partial charge >= 0.3 is 25.7 Å². The molecule has 40 heavy (non-hydrogen) atoms. The van der Waals surface area contributed by atoms with E-state index in [0.717, 1.165) is 18.2 Å². The summed E-state index contributed by atoms with van der Waals surface area (Å²) >= 11 is 0. The van der Waals surface area contributed by atoms with Crippen molar-refractivity contribution in [1.82, 2.24) is 0 Å². The number of rotatable bonds is 17. The first kappa shape index (κ1) is 37.8. The fraction of sp³-hybridized carbons (Fsp3) is 0.741. The molecule has 0 saturated heterocycles. The highest BCUT2D eigenvalue weighted by atomic mass is 28.5. The Labute approximate surface area is 251 Å². The zero-order valence-electron chi connectivity index (χ0n) is 28.3. The smallest absolute Gasteiger partial charge is 0.323 e. The summed E-state index contributed by atoms with van der Waals surface area (Å²) in [4.78, 5) is 13.4. The lowest BCUT2D eigenvalue weighted by atomic mass is 9.97. The molecule has 0 N–H and O–H groups in total. The van der Waals surface area contributed by atoms with Crippen LogP contribution in [0.25, 0.3) is 0 Å². The first-order valence-corrected chi connectivity index (χ1v) is 32.8. The third-order valence-corrected chi connectivity index (χ3v) is 25.0. The van der Waals surface area contributed by atoms with Gasteiger partial charge in [-0.3, -0.25) is 4.79 Å². The van der Waals surface area contributed by atoms with Crippen molar-refractivity contribution < 1.29 is 30.4 Å². The van der Waals surface area contributed by atoms with E-state index >= 15 is 0 Å². The minimum atomic E-state index is -2.64. The first-order chi connectivity index (χ1) is 17.6. The molecule has 0 fully saturated rings. The fourth-order valence-electron chi connectivity index (χ4n) is 5.24. The molecule has 0 aromatic heterocycles. The molecule has 1 aromatic rings. The van der Waals surface area contributed by atoms with Gasteiger partial charge in [-0.1, -0.05) is 0 Å². The van der Waals surface area contributed by atoms with Gasteiger partial charge in [-0.15, -0.1) is 0 Å². The second-order valence-electron chi connectivity index (χ2n) is 15.0.